The minimum absolute atomic E-state index is 0.595. The third-order valence-corrected chi connectivity index (χ3v) is 5.00. The van der Waals surface area contributed by atoms with Crippen molar-refractivity contribution in [1.82, 2.24) is 9.97 Å². The van der Waals surface area contributed by atoms with Crippen LogP contribution in [0.4, 0.5) is 23.1 Å². The number of anilines is 4. The molecule has 1 aliphatic heterocycles. The van der Waals surface area contributed by atoms with Crippen LogP contribution in [0.5, 0.6) is 5.75 Å². The van der Waals surface area contributed by atoms with E-state index in [-0.39, 0.29) is 0 Å². The van der Waals surface area contributed by atoms with E-state index >= 15 is 0 Å². The zero-order valence-electron chi connectivity index (χ0n) is 17.0. The van der Waals surface area contributed by atoms with Crippen LogP contribution in [0.2, 0.25) is 0 Å². The van der Waals surface area contributed by atoms with Crippen LogP contribution in [-0.4, -0.2) is 42.8 Å². The van der Waals surface area contributed by atoms with Gasteiger partial charge in [-0.05, 0) is 38.1 Å². The Hall–Kier alpha value is -3.28. The summed E-state index contributed by atoms with van der Waals surface area (Å²) in [5.74, 6) is 2.36. The van der Waals surface area contributed by atoms with Crippen molar-refractivity contribution in [2.75, 3.05) is 47.9 Å². The zero-order valence-corrected chi connectivity index (χ0v) is 17.0. The first-order chi connectivity index (χ1) is 14.2. The second-order valence-electron chi connectivity index (χ2n) is 7.05. The van der Waals surface area contributed by atoms with E-state index in [0.29, 0.717) is 12.6 Å². The maximum absolute atomic E-state index is 5.71. The molecule has 2 heterocycles. The predicted molar refractivity (Wildman–Crippen MR) is 119 cm³/mol. The molecule has 0 atom stereocenters. The summed E-state index contributed by atoms with van der Waals surface area (Å²) < 4.78 is 5.71. The summed E-state index contributed by atoms with van der Waals surface area (Å²) in [6.45, 7) is 8.41. The molecule has 0 saturated carbocycles. The Morgan fingerprint density at radius 1 is 0.897 bits per heavy atom. The maximum atomic E-state index is 5.71. The van der Waals surface area contributed by atoms with Crippen LogP contribution in [0.3, 0.4) is 0 Å². The minimum atomic E-state index is 0.595. The third kappa shape index (κ3) is 4.59. The molecule has 6 heteroatoms. The Bertz CT molecular complexity index is 939. The topological polar surface area (TPSA) is 53.5 Å². The van der Waals surface area contributed by atoms with Crippen molar-refractivity contribution in [1.29, 1.82) is 0 Å². The largest absolute Gasteiger partial charge is 0.492 e. The summed E-state index contributed by atoms with van der Waals surface area (Å²) in [4.78, 5) is 14.1. The molecule has 150 valence electrons. The van der Waals surface area contributed by atoms with E-state index in [1.54, 1.807) is 0 Å². The highest BCUT2D eigenvalue weighted by atomic mass is 16.5. The van der Waals surface area contributed by atoms with Crippen molar-refractivity contribution >= 4 is 23.1 Å². The van der Waals surface area contributed by atoms with E-state index < -0.39 is 0 Å². The minimum Gasteiger partial charge on any atom is -0.492 e. The van der Waals surface area contributed by atoms with Crippen molar-refractivity contribution in [2.24, 2.45) is 0 Å². The molecule has 1 N–H and O–H groups in total. The van der Waals surface area contributed by atoms with E-state index in [9.17, 15) is 0 Å². The van der Waals surface area contributed by atoms with Gasteiger partial charge in [0.25, 0.3) is 0 Å². The molecule has 0 spiro atoms. The molecular weight excluding hydrogens is 362 g/mol. The number of hydrogen-bond donors (Lipinski definition) is 1. The van der Waals surface area contributed by atoms with Gasteiger partial charge in [0, 0.05) is 43.6 Å². The van der Waals surface area contributed by atoms with Gasteiger partial charge < -0.3 is 19.9 Å². The number of nitrogens with zero attached hydrogens (tertiary/aromatic N) is 4. The van der Waals surface area contributed by atoms with Crippen molar-refractivity contribution in [3.63, 3.8) is 0 Å². The van der Waals surface area contributed by atoms with Gasteiger partial charge in [0.1, 0.15) is 11.6 Å². The standard InChI is InChI=1S/C23H27N5O/c1-3-29-21-12-8-7-11-20(21)25-23-24-18(2)17-22(26-23)28-15-13-27(14-16-28)19-9-5-4-6-10-19/h4-12,17H,3,13-16H2,1-2H3,(H,24,25,26). The van der Waals surface area contributed by atoms with Gasteiger partial charge in [-0.15, -0.1) is 0 Å². The fraction of sp³-hybridized carbons (Fsp3) is 0.304. The van der Waals surface area contributed by atoms with E-state index in [0.717, 1.165) is 49.1 Å². The monoisotopic (exact) mass is 389 g/mol. The molecule has 1 fully saturated rings. The van der Waals surface area contributed by atoms with Gasteiger partial charge in [0.2, 0.25) is 5.95 Å². The molecule has 0 aliphatic carbocycles. The second-order valence-corrected chi connectivity index (χ2v) is 7.05. The molecule has 0 unspecified atom stereocenters. The Morgan fingerprint density at radius 3 is 2.34 bits per heavy atom. The Labute approximate surface area is 172 Å². The van der Waals surface area contributed by atoms with Gasteiger partial charge in [-0.1, -0.05) is 30.3 Å². The van der Waals surface area contributed by atoms with Crippen LogP contribution in [0.1, 0.15) is 12.6 Å². The number of hydrogen-bond acceptors (Lipinski definition) is 6. The summed E-state index contributed by atoms with van der Waals surface area (Å²) in [5, 5.41) is 3.33. The van der Waals surface area contributed by atoms with Gasteiger partial charge in [-0.25, -0.2) is 4.98 Å². The molecule has 0 bridgehead atoms. The average Bonchev–Trinajstić information content (AvgIpc) is 2.76. The molecule has 1 saturated heterocycles. The number of rotatable bonds is 6. The highest BCUT2D eigenvalue weighted by Gasteiger charge is 2.19. The number of para-hydroxylation sites is 3. The fourth-order valence-electron chi connectivity index (χ4n) is 3.57. The van der Waals surface area contributed by atoms with Gasteiger partial charge in [-0.2, -0.15) is 4.98 Å². The summed E-state index contributed by atoms with van der Waals surface area (Å²) in [5.41, 5.74) is 3.09. The molecule has 4 rings (SSSR count). The lowest BCUT2D eigenvalue weighted by Crippen LogP contribution is -2.46. The van der Waals surface area contributed by atoms with E-state index in [1.165, 1.54) is 5.69 Å². The molecule has 29 heavy (non-hydrogen) atoms. The summed E-state index contributed by atoms with van der Waals surface area (Å²) in [6.07, 6.45) is 0. The molecule has 2 aromatic carbocycles. The molecule has 6 nitrogen and oxygen atoms in total. The first kappa shape index (κ1) is 19.1. The number of benzene rings is 2. The highest BCUT2D eigenvalue weighted by Crippen LogP contribution is 2.27. The lowest BCUT2D eigenvalue weighted by molar-refractivity contribution is 0.342. The van der Waals surface area contributed by atoms with Crippen molar-refractivity contribution in [3.8, 4) is 5.75 Å². The fourth-order valence-corrected chi connectivity index (χ4v) is 3.57. The SMILES string of the molecule is CCOc1ccccc1Nc1nc(C)cc(N2CCN(c3ccccc3)CC2)n1. The molecule has 0 radical (unpaired) electrons. The Kier molecular flexibility index (Phi) is 5.79. The normalized spacial score (nSPS) is 14.0. The smallest absolute Gasteiger partial charge is 0.229 e. The number of ether oxygens (including phenoxy) is 1. The summed E-state index contributed by atoms with van der Waals surface area (Å²) in [6, 6.07) is 20.5. The highest BCUT2D eigenvalue weighted by molar-refractivity contribution is 5.63. The number of piperazine rings is 1. The van der Waals surface area contributed by atoms with Gasteiger partial charge in [-0.3, -0.25) is 0 Å². The van der Waals surface area contributed by atoms with Crippen LogP contribution in [-0.2, 0) is 0 Å². The average molecular weight is 390 g/mol. The van der Waals surface area contributed by atoms with E-state index in [4.69, 9.17) is 9.72 Å². The van der Waals surface area contributed by atoms with Gasteiger partial charge >= 0.3 is 0 Å². The lowest BCUT2D eigenvalue weighted by Gasteiger charge is -2.36. The van der Waals surface area contributed by atoms with Crippen LogP contribution in [0.15, 0.2) is 60.7 Å². The molecule has 1 aromatic heterocycles. The zero-order chi connectivity index (χ0) is 20.1. The molecule has 3 aromatic rings. The third-order valence-electron chi connectivity index (χ3n) is 5.00. The van der Waals surface area contributed by atoms with Crippen LogP contribution < -0.4 is 19.9 Å². The molecule has 0 amide bonds. The maximum Gasteiger partial charge on any atom is 0.229 e. The van der Waals surface area contributed by atoms with Gasteiger partial charge in [0.05, 0.1) is 12.3 Å². The summed E-state index contributed by atoms with van der Waals surface area (Å²) >= 11 is 0. The van der Waals surface area contributed by atoms with E-state index in [2.05, 4.69) is 56.5 Å². The number of nitrogens with one attached hydrogen (secondary N) is 1. The predicted octanol–water partition coefficient (Wildman–Crippen LogP) is 4.25. The van der Waals surface area contributed by atoms with Crippen LogP contribution in [0, 0.1) is 6.92 Å². The number of aromatic nitrogens is 2. The Morgan fingerprint density at radius 2 is 1.59 bits per heavy atom. The van der Waals surface area contributed by atoms with Gasteiger partial charge in [0.15, 0.2) is 0 Å². The number of aryl methyl sites for hydroxylation is 1. The molecule has 1 aliphatic rings. The van der Waals surface area contributed by atoms with Crippen LogP contribution in [0.25, 0.3) is 0 Å². The summed E-state index contributed by atoms with van der Waals surface area (Å²) in [7, 11) is 0. The second kappa shape index (κ2) is 8.82. The van der Waals surface area contributed by atoms with E-state index in [1.807, 2.05) is 38.1 Å². The van der Waals surface area contributed by atoms with Crippen molar-refractivity contribution < 1.29 is 4.74 Å². The Balaban J connectivity index is 1.48. The quantitative estimate of drug-likeness (QED) is 0.680. The van der Waals surface area contributed by atoms with Crippen LogP contribution >= 0.6 is 0 Å². The lowest BCUT2D eigenvalue weighted by atomic mass is 10.2. The van der Waals surface area contributed by atoms with Crippen molar-refractivity contribution in [3.05, 3.63) is 66.4 Å². The molecular formula is C23H27N5O. The first-order valence-corrected chi connectivity index (χ1v) is 10.1. The van der Waals surface area contributed by atoms with Crippen molar-refractivity contribution in [2.45, 2.75) is 13.8 Å². The first-order valence-electron chi connectivity index (χ1n) is 10.1.